The minimum Gasteiger partial charge on any atom is -0.465 e. The number of hydrogen-bond donors (Lipinski definition) is 3. The van der Waals surface area contributed by atoms with Gasteiger partial charge in [-0.15, -0.1) is 0 Å². The summed E-state index contributed by atoms with van der Waals surface area (Å²) in [7, 11) is 0. The Hall–Kier alpha value is -3.26. The van der Waals surface area contributed by atoms with Crippen LogP contribution in [0.1, 0.15) is 19.8 Å². The van der Waals surface area contributed by atoms with Crippen LogP contribution in [0, 0.1) is 5.92 Å². The van der Waals surface area contributed by atoms with Crippen molar-refractivity contribution in [1.82, 2.24) is 29.7 Å². The maximum Gasteiger partial charge on any atom is 0.405 e. The highest BCUT2D eigenvalue weighted by Crippen LogP contribution is 2.43. The molecule has 1 atom stereocenters. The summed E-state index contributed by atoms with van der Waals surface area (Å²) in [5, 5.41) is 11.8. The first-order valence-corrected chi connectivity index (χ1v) is 12.9. The summed E-state index contributed by atoms with van der Waals surface area (Å²) in [5.74, 6) is 1.72. The van der Waals surface area contributed by atoms with E-state index in [-0.39, 0.29) is 18.6 Å². The van der Waals surface area contributed by atoms with Crippen LogP contribution in [0.25, 0.3) is 11.2 Å². The normalized spacial score (nSPS) is 16.3. The van der Waals surface area contributed by atoms with Crippen molar-refractivity contribution in [3.8, 4) is 11.5 Å². The van der Waals surface area contributed by atoms with Crippen LogP contribution in [-0.4, -0.2) is 67.5 Å². The van der Waals surface area contributed by atoms with Gasteiger partial charge in [0, 0.05) is 29.0 Å². The molecule has 2 aliphatic rings. The molecule has 0 radical (unpaired) electrons. The van der Waals surface area contributed by atoms with Crippen molar-refractivity contribution < 1.29 is 24.2 Å². The lowest BCUT2D eigenvalue weighted by atomic mass is 9.96. The highest BCUT2D eigenvalue weighted by molar-refractivity contribution is 9.10. The van der Waals surface area contributed by atoms with Crippen LogP contribution in [0.5, 0.6) is 11.5 Å². The molecule has 0 saturated carbocycles. The molecule has 1 aromatic carbocycles. The number of imidazole rings is 1. The molecule has 0 unspecified atom stereocenters. The summed E-state index contributed by atoms with van der Waals surface area (Å²) in [6, 6.07) is 3.00. The number of fused-ring (bicyclic) bond motifs is 2. The number of hydrogen-bond acceptors (Lipinski definition) is 9. The lowest BCUT2D eigenvalue weighted by Gasteiger charge is -2.33. The maximum atomic E-state index is 12.6. The summed E-state index contributed by atoms with van der Waals surface area (Å²) in [6.45, 7) is 3.49. The summed E-state index contributed by atoms with van der Waals surface area (Å²) >= 11 is 5.07. The van der Waals surface area contributed by atoms with Crippen LogP contribution in [0.15, 0.2) is 33.0 Å². The van der Waals surface area contributed by atoms with E-state index in [9.17, 15) is 9.59 Å². The van der Waals surface area contributed by atoms with Crippen LogP contribution in [-0.2, 0) is 11.3 Å². The van der Waals surface area contributed by atoms with Crippen molar-refractivity contribution in [2.45, 2.75) is 42.4 Å². The van der Waals surface area contributed by atoms with Gasteiger partial charge in [-0.3, -0.25) is 4.79 Å². The second kappa shape index (κ2) is 10.0. The van der Waals surface area contributed by atoms with Gasteiger partial charge in [0.25, 0.3) is 0 Å². The average Bonchev–Trinajstić information content (AvgIpc) is 3.44. The van der Waals surface area contributed by atoms with E-state index in [1.807, 2.05) is 16.7 Å². The third kappa shape index (κ3) is 4.87. The second-order valence-corrected chi connectivity index (χ2v) is 10.5. The molecule has 36 heavy (non-hydrogen) atoms. The Kier molecular flexibility index (Phi) is 6.79. The van der Waals surface area contributed by atoms with Crippen molar-refractivity contribution in [3.63, 3.8) is 0 Å². The van der Waals surface area contributed by atoms with E-state index in [1.165, 1.54) is 18.1 Å². The van der Waals surface area contributed by atoms with Crippen LogP contribution >= 0.6 is 27.7 Å². The molecule has 2 aromatic heterocycles. The van der Waals surface area contributed by atoms with E-state index >= 15 is 0 Å². The van der Waals surface area contributed by atoms with Crippen molar-refractivity contribution >= 4 is 56.7 Å². The fourth-order valence-corrected chi connectivity index (χ4v) is 5.86. The van der Waals surface area contributed by atoms with E-state index in [2.05, 4.69) is 31.2 Å². The molecule has 1 saturated heterocycles. The van der Waals surface area contributed by atoms with Gasteiger partial charge < -0.3 is 35.1 Å². The van der Waals surface area contributed by atoms with Crippen molar-refractivity contribution in [1.29, 1.82) is 0 Å². The second-order valence-electron chi connectivity index (χ2n) is 8.61. The zero-order valence-corrected chi connectivity index (χ0v) is 21.7. The smallest absolute Gasteiger partial charge is 0.405 e. The third-order valence-corrected chi connectivity index (χ3v) is 8.20. The first-order chi connectivity index (χ1) is 17.3. The lowest BCUT2D eigenvalue weighted by molar-refractivity contribution is -0.134. The number of anilines is 1. The molecule has 5 rings (SSSR count). The molecular formula is C22H24BrN7O5S. The number of carbonyl (C=O) groups is 2. The molecule has 4 N–H and O–H groups in total. The van der Waals surface area contributed by atoms with Gasteiger partial charge >= 0.3 is 6.09 Å². The van der Waals surface area contributed by atoms with Gasteiger partial charge in [0.15, 0.2) is 33.6 Å². The molecule has 0 spiro atoms. The molecule has 4 heterocycles. The molecule has 190 valence electrons. The standard InChI is InChI=1S/C22H24BrN7O5S/c1-11(27-22(32)33)20(31)29-4-2-12(3-5-29)8-30-19-17(18(24)25-9-26-19)28-21(30)36-16-7-15-14(6-13(16)23)34-10-35-15/h6-7,9,11-12,27H,2-5,8,10H2,1H3,(H,32,33)(H2,24,25,26)/t11-/m1/s1. The summed E-state index contributed by atoms with van der Waals surface area (Å²) in [4.78, 5) is 39.4. The van der Waals surface area contributed by atoms with Crippen molar-refractivity contribution in [2.75, 3.05) is 25.6 Å². The SMILES string of the molecule is C[C@@H](NC(=O)O)C(=O)N1CCC(Cn2c(Sc3cc4c(cc3Br)OCO4)nc3c(N)ncnc32)CC1. The van der Waals surface area contributed by atoms with Crippen LogP contribution in [0.3, 0.4) is 0 Å². The molecule has 12 nitrogen and oxygen atoms in total. The first kappa shape index (κ1) is 24.4. The Balaban J connectivity index is 1.36. The van der Waals surface area contributed by atoms with Gasteiger partial charge in [0.1, 0.15) is 12.4 Å². The van der Waals surface area contributed by atoms with Gasteiger partial charge in [-0.25, -0.2) is 19.7 Å². The number of nitrogens with zero attached hydrogens (tertiary/aromatic N) is 5. The van der Waals surface area contributed by atoms with Gasteiger partial charge in [-0.2, -0.15) is 0 Å². The van der Waals surface area contributed by atoms with Crippen molar-refractivity contribution in [2.24, 2.45) is 5.92 Å². The number of ether oxygens (including phenoxy) is 2. The number of carboxylic acid groups (broad SMARTS) is 1. The topological polar surface area (TPSA) is 158 Å². The summed E-state index contributed by atoms with van der Waals surface area (Å²) in [5.41, 5.74) is 7.30. The highest BCUT2D eigenvalue weighted by Gasteiger charge is 2.28. The maximum absolute atomic E-state index is 12.6. The van der Waals surface area contributed by atoms with Crippen LogP contribution < -0.4 is 20.5 Å². The molecule has 2 amide bonds. The number of nitrogens with two attached hydrogens (primary N) is 1. The number of likely N-dealkylation sites (tertiary alicyclic amines) is 1. The largest absolute Gasteiger partial charge is 0.465 e. The Morgan fingerprint density at radius 2 is 2.00 bits per heavy atom. The van der Waals surface area contributed by atoms with Gasteiger partial charge in [-0.1, -0.05) is 11.8 Å². The zero-order valence-electron chi connectivity index (χ0n) is 19.3. The number of aromatic nitrogens is 4. The fraction of sp³-hybridized carbons (Fsp3) is 0.409. The van der Waals surface area contributed by atoms with E-state index in [1.54, 1.807) is 11.8 Å². The molecule has 1 fully saturated rings. The number of piperidine rings is 1. The molecule has 0 aliphatic carbocycles. The molecule has 0 bridgehead atoms. The minimum atomic E-state index is -1.21. The number of benzene rings is 1. The lowest BCUT2D eigenvalue weighted by Crippen LogP contribution is -2.49. The fourth-order valence-electron chi connectivity index (χ4n) is 4.37. The number of amides is 2. The third-order valence-electron chi connectivity index (χ3n) is 6.23. The molecule has 14 heteroatoms. The average molecular weight is 578 g/mol. The Bertz CT molecular complexity index is 1330. The number of nitrogens with one attached hydrogen (secondary N) is 1. The molecule has 2 aliphatic heterocycles. The zero-order chi connectivity index (χ0) is 25.4. The van der Waals surface area contributed by atoms with E-state index in [0.717, 1.165) is 27.4 Å². The predicted molar refractivity (Wildman–Crippen MR) is 134 cm³/mol. The Labute approximate surface area is 218 Å². The van der Waals surface area contributed by atoms with Gasteiger partial charge in [-0.05, 0) is 53.7 Å². The predicted octanol–water partition coefficient (Wildman–Crippen LogP) is 2.95. The molecular weight excluding hydrogens is 554 g/mol. The van der Waals surface area contributed by atoms with E-state index in [0.29, 0.717) is 48.1 Å². The monoisotopic (exact) mass is 577 g/mol. The van der Waals surface area contributed by atoms with E-state index in [4.69, 9.17) is 25.3 Å². The first-order valence-electron chi connectivity index (χ1n) is 11.3. The Morgan fingerprint density at radius 3 is 2.72 bits per heavy atom. The number of halogens is 1. The number of nitrogen functional groups attached to an aromatic ring is 1. The number of rotatable bonds is 6. The summed E-state index contributed by atoms with van der Waals surface area (Å²) in [6.07, 6.45) is 1.75. The van der Waals surface area contributed by atoms with Crippen molar-refractivity contribution in [3.05, 3.63) is 22.9 Å². The quantitative estimate of drug-likeness (QED) is 0.397. The minimum absolute atomic E-state index is 0.187. The van der Waals surface area contributed by atoms with Crippen LogP contribution in [0.2, 0.25) is 0 Å². The number of carbonyl (C=O) groups excluding carboxylic acids is 1. The van der Waals surface area contributed by atoms with Gasteiger partial charge in [0.05, 0.1) is 0 Å². The van der Waals surface area contributed by atoms with Gasteiger partial charge in [0.2, 0.25) is 12.7 Å². The Morgan fingerprint density at radius 1 is 1.28 bits per heavy atom. The van der Waals surface area contributed by atoms with Crippen LogP contribution in [0.4, 0.5) is 10.6 Å². The van der Waals surface area contributed by atoms with E-state index < -0.39 is 12.1 Å². The summed E-state index contributed by atoms with van der Waals surface area (Å²) < 4.78 is 13.9. The highest BCUT2D eigenvalue weighted by atomic mass is 79.9. The molecule has 3 aromatic rings.